The molecule has 7 nitrogen and oxygen atoms in total. The first-order chi connectivity index (χ1) is 17.7. The van der Waals surface area contributed by atoms with Crippen LogP contribution in [0.2, 0.25) is 0 Å². The first-order valence-corrected chi connectivity index (χ1v) is 12.2. The lowest BCUT2D eigenvalue weighted by atomic mass is 10.0. The number of amides is 1. The van der Waals surface area contributed by atoms with Gasteiger partial charge in [-0.05, 0) is 63.4 Å². The maximum Gasteiger partial charge on any atom is 0.410 e. The number of fused-ring (bicyclic) bond motifs is 1. The summed E-state index contributed by atoms with van der Waals surface area (Å²) < 4.78 is 40.4. The lowest BCUT2D eigenvalue weighted by Crippen LogP contribution is -2.46. The van der Waals surface area contributed by atoms with Crippen molar-refractivity contribution in [1.29, 1.82) is 0 Å². The smallest absolute Gasteiger partial charge is 0.410 e. The second-order valence-corrected chi connectivity index (χ2v) is 10.1. The molecular formula is C28H28F2N4O3. The quantitative estimate of drug-likeness (QED) is 0.349. The van der Waals surface area contributed by atoms with Gasteiger partial charge in [-0.1, -0.05) is 12.1 Å². The number of likely N-dealkylation sites (tertiary alicyclic amines) is 1. The standard InChI is InChI=1S/C28H28F2N4O3/c1-28(2,3)37-27(35)34-11-5-6-18(16-34)36-25-15-31-14-24(33-25)20-13-32-23-10-9-17(12-19(20)23)26-21(29)7-4-8-22(26)30/h4,7-10,12-15,18,32H,5-6,11,16H2,1-3H3/t18-/m1/s1. The SMILES string of the molecule is CC(C)(C)OC(=O)N1CCC[C@@H](Oc2cncc(-c3c[nH]c4ccc(-c5c(F)cccc5F)cc34)n2)C1. The van der Waals surface area contributed by atoms with E-state index >= 15 is 0 Å². The van der Waals surface area contributed by atoms with Crippen LogP contribution in [-0.2, 0) is 4.74 Å². The largest absolute Gasteiger partial charge is 0.471 e. The van der Waals surface area contributed by atoms with Gasteiger partial charge < -0.3 is 19.4 Å². The molecule has 1 fully saturated rings. The molecule has 0 radical (unpaired) electrons. The molecule has 37 heavy (non-hydrogen) atoms. The van der Waals surface area contributed by atoms with Gasteiger partial charge in [0.1, 0.15) is 23.3 Å². The molecule has 9 heteroatoms. The Hall–Kier alpha value is -4.01. The third-order valence-electron chi connectivity index (χ3n) is 6.14. The van der Waals surface area contributed by atoms with E-state index in [1.54, 1.807) is 35.5 Å². The Morgan fingerprint density at radius 2 is 1.92 bits per heavy atom. The van der Waals surface area contributed by atoms with Gasteiger partial charge in [-0.15, -0.1) is 0 Å². The molecule has 192 valence electrons. The molecule has 4 aromatic rings. The maximum atomic E-state index is 14.4. The summed E-state index contributed by atoms with van der Waals surface area (Å²) >= 11 is 0. The Bertz CT molecular complexity index is 1430. The second-order valence-electron chi connectivity index (χ2n) is 10.1. The van der Waals surface area contributed by atoms with Gasteiger partial charge in [0.25, 0.3) is 0 Å². The van der Waals surface area contributed by atoms with Crippen LogP contribution < -0.4 is 4.74 Å². The summed E-state index contributed by atoms with van der Waals surface area (Å²) in [7, 11) is 0. The average Bonchev–Trinajstić information content (AvgIpc) is 3.27. The number of aromatic nitrogens is 3. The normalized spacial score (nSPS) is 16.1. The van der Waals surface area contributed by atoms with Crippen LogP contribution in [0, 0.1) is 11.6 Å². The summed E-state index contributed by atoms with van der Waals surface area (Å²) in [4.78, 5) is 26.3. The molecule has 5 rings (SSSR count). The number of H-pyrrole nitrogens is 1. The zero-order chi connectivity index (χ0) is 26.2. The van der Waals surface area contributed by atoms with Crippen LogP contribution in [0.4, 0.5) is 13.6 Å². The molecule has 1 aliphatic heterocycles. The monoisotopic (exact) mass is 506 g/mol. The number of piperidine rings is 1. The highest BCUT2D eigenvalue weighted by Crippen LogP contribution is 2.34. The van der Waals surface area contributed by atoms with Crippen molar-refractivity contribution in [3.8, 4) is 28.3 Å². The Balaban J connectivity index is 1.38. The number of benzene rings is 2. The van der Waals surface area contributed by atoms with Crippen molar-refractivity contribution in [2.75, 3.05) is 13.1 Å². The average molecular weight is 507 g/mol. The fourth-order valence-corrected chi connectivity index (χ4v) is 4.49. The molecule has 2 aromatic carbocycles. The Morgan fingerprint density at radius 1 is 1.14 bits per heavy atom. The molecule has 0 saturated carbocycles. The van der Waals surface area contributed by atoms with E-state index in [2.05, 4.69) is 15.0 Å². The predicted molar refractivity (Wildman–Crippen MR) is 136 cm³/mol. The third kappa shape index (κ3) is 5.40. The molecule has 0 unspecified atom stereocenters. The Morgan fingerprint density at radius 3 is 2.68 bits per heavy atom. The van der Waals surface area contributed by atoms with E-state index < -0.39 is 17.2 Å². The van der Waals surface area contributed by atoms with Gasteiger partial charge in [0.05, 0.1) is 30.2 Å². The van der Waals surface area contributed by atoms with Gasteiger partial charge in [-0.3, -0.25) is 4.98 Å². The number of carbonyl (C=O) groups excluding carboxylic acids is 1. The van der Waals surface area contributed by atoms with Crippen molar-refractivity contribution in [1.82, 2.24) is 19.9 Å². The van der Waals surface area contributed by atoms with Crippen molar-refractivity contribution in [2.45, 2.75) is 45.3 Å². The second kappa shape index (κ2) is 9.80. The van der Waals surface area contributed by atoms with Crippen LogP contribution in [0.25, 0.3) is 33.3 Å². The van der Waals surface area contributed by atoms with Gasteiger partial charge in [0, 0.05) is 29.2 Å². The molecule has 1 atom stereocenters. The summed E-state index contributed by atoms with van der Waals surface area (Å²) in [6, 6.07) is 9.01. The number of rotatable bonds is 4. The zero-order valence-corrected chi connectivity index (χ0v) is 20.9. The molecule has 0 aliphatic carbocycles. The highest BCUT2D eigenvalue weighted by Gasteiger charge is 2.29. The molecule has 1 saturated heterocycles. The van der Waals surface area contributed by atoms with Crippen LogP contribution in [0.3, 0.4) is 0 Å². The number of nitrogens with one attached hydrogen (secondary N) is 1. The number of nitrogens with zero attached hydrogens (tertiary/aromatic N) is 3. The minimum Gasteiger partial charge on any atom is -0.471 e. The van der Waals surface area contributed by atoms with E-state index in [9.17, 15) is 13.6 Å². The minimum atomic E-state index is -0.625. The van der Waals surface area contributed by atoms with Crippen molar-refractivity contribution in [3.63, 3.8) is 0 Å². The Labute approximate surface area is 213 Å². The number of halogens is 2. The van der Waals surface area contributed by atoms with E-state index in [-0.39, 0.29) is 17.8 Å². The molecule has 1 aliphatic rings. The molecule has 1 N–H and O–H groups in total. The summed E-state index contributed by atoms with van der Waals surface area (Å²) in [5.41, 5.74) is 1.85. The topological polar surface area (TPSA) is 80.3 Å². The highest BCUT2D eigenvalue weighted by molar-refractivity contribution is 5.97. The predicted octanol–water partition coefficient (Wildman–Crippen LogP) is 6.35. The van der Waals surface area contributed by atoms with E-state index in [0.29, 0.717) is 30.2 Å². The number of carbonyl (C=O) groups is 1. The summed E-state index contributed by atoms with van der Waals surface area (Å²) in [5, 5.41) is 0.750. The lowest BCUT2D eigenvalue weighted by molar-refractivity contribution is 0.00719. The van der Waals surface area contributed by atoms with Crippen molar-refractivity contribution in [3.05, 3.63) is 66.6 Å². The Kier molecular flexibility index (Phi) is 6.54. The van der Waals surface area contributed by atoms with E-state index in [1.807, 2.05) is 20.8 Å². The molecule has 3 heterocycles. The van der Waals surface area contributed by atoms with Gasteiger partial charge >= 0.3 is 6.09 Å². The summed E-state index contributed by atoms with van der Waals surface area (Å²) in [6.07, 6.45) is 5.88. The van der Waals surface area contributed by atoms with Crippen LogP contribution >= 0.6 is 0 Å². The first kappa shape index (κ1) is 24.7. The van der Waals surface area contributed by atoms with Crippen molar-refractivity contribution < 1.29 is 23.0 Å². The third-order valence-corrected chi connectivity index (χ3v) is 6.14. The fraction of sp³-hybridized carbons (Fsp3) is 0.321. The fourth-order valence-electron chi connectivity index (χ4n) is 4.49. The first-order valence-electron chi connectivity index (χ1n) is 12.2. The van der Waals surface area contributed by atoms with Crippen LogP contribution in [-0.4, -0.2) is 50.7 Å². The molecule has 0 spiro atoms. The van der Waals surface area contributed by atoms with Crippen LogP contribution in [0.5, 0.6) is 5.88 Å². The van der Waals surface area contributed by atoms with Crippen LogP contribution in [0.1, 0.15) is 33.6 Å². The van der Waals surface area contributed by atoms with Gasteiger partial charge in [0.15, 0.2) is 0 Å². The number of ether oxygens (including phenoxy) is 2. The van der Waals surface area contributed by atoms with E-state index in [1.165, 1.54) is 24.4 Å². The molecule has 2 aromatic heterocycles. The van der Waals surface area contributed by atoms with Gasteiger partial charge in [-0.2, -0.15) is 0 Å². The number of hydrogen-bond acceptors (Lipinski definition) is 5. The minimum absolute atomic E-state index is 0.0773. The van der Waals surface area contributed by atoms with Crippen molar-refractivity contribution in [2.24, 2.45) is 0 Å². The zero-order valence-electron chi connectivity index (χ0n) is 20.9. The summed E-state index contributed by atoms with van der Waals surface area (Å²) in [5.74, 6) is -0.918. The maximum absolute atomic E-state index is 14.4. The van der Waals surface area contributed by atoms with E-state index in [0.717, 1.165) is 29.3 Å². The van der Waals surface area contributed by atoms with Gasteiger partial charge in [-0.25, -0.2) is 18.6 Å². The lowest BCUT2D eigenvalue weighted by Gasteiger charge is -2.33. The number of aromatic amines is 1. The molecule has 1 amide bonds. The molecular weight excluding hydrogens is 478 g/mol. The van der Waals surface area contributed by atoms with Crippen molar-refractivity contribution >= 4 is 17.0 Å². The number of hydrogen-bond donors (Lipinski definition) is 1. The summed E-state index contributed by atoms with van der Waals surface area (Å²) in [6.45, 7) is 6.52. The molecule has 0 bridgehead atoms. The highest BCUT2D eigenvalue weighted by atomic mass is 19.1. The van der Waals surface area contributed by atoms with Crippen LogP contribution in [0.15, 0.2) is 55.0 Å². The van der Waals surface area contributed by atoms with Gasteiger partial charge in [0.2, 0.25) is 5.88 Å². The van der Waals surface area contributed by atoms with E-state index in [4.69, 9.17) is 9.47 Å².